The number of hydrogen-bond donors (Lipinski definition) is 3. The first-order valence-corrected chi connectivity index (χ1v) is 11.5. The number of imidazole rings is 1. The lowest BCUT2D eigenvalue weighted by atomic mass is 10.3. The van der Waals surface area contributed by atoms with Crippen LogP contribution < -0.4 is 21.4 Å². The Hall–Kier alpha value is -4.40. The maximum atomic E-state index is 12.6. The van der Waals surface area contributed by atoms with Gasteiger partial charge in [0.1, 0.15) is 29.1 Å². The molecule has 0 saturated heterocycles. The minimum Gasteiger partial charge on any atom is -0.489 e. The van der Waals surface area contributed by atoms with Crippen LogP contribution in [0.4, 0.5) is 11.8 Å². The molecule has 0 radical (unpaired) electrons. The molecule has 3 heterocycles. The third kappa shape index (κ3) is 5.94. The number of anilines is 1. The summed E-state index contributed by atoms with van der Waals surface area (Å²) in [6.07, 6.45) is 3.07. The number of allylic oxidation sites excluding steroid dienone is 1. The number of aliphatic hydroxyl groups excluding tert-OH is 1. The Morgan fingerprint density at radius 3 is 2.84 bits per heavy atom. The van der Waals surface area contributed by atoms with Gasteiger partial charge in [-0.2, -0.15) is 10.1 Å². The molecule has 3 N–H and O–H groups in total. The Morgan fingerprint density at radius 2 is 2.13 bits per heavy atom. The minimum absolute atomic E-state index is 0.0202. The van der Waals surface area contributed by atoms with Gasteiger partial charge in [-0.15, -0.1) is 0 Å². The van der Waals surface area contributed by atoms with E-state index in [0.717, 1.165) is 4.57 Å². The van der Waals surface area contributed by atoms with Crippen LogP contribution in [0.5, 0.6) is 5.75 Å². The van der Waals surface area contributed by atoms with Crippen LogP contribution in [0.2, 0.25) is 10.0 Å². The molecule has 0 amide bonds. The van der Waals surface area contributed by atoms with Gasteiger partial charge in [-0.1, -0.05) is 23.2 Å². The Balaban J connectivity index is 1.54. The fourth-order valence-electron chi connectivity index (χ4n) is 3.35. The average Bonchev–Trinajstić information content (AvgIpc) is 3.48. The van der Waals surface area contributed by atoms with Gasteiger partial charge >= 0.3 is 11.6 Å². The zero-order valence-corrected chi connectivity index (χ0v) is 21.0. The van der Waals surface area contributed by atoms with Gasteiger partial charge in [-0.3, -0.25) is 24.5 Å². The second-order valence-electron chi connectivity index (χ2n) is 7.76. The summed E-state index contributed by atoms with van der Waals surface area (Å²) in [6.45, 7) is -0.349. The van der Waals surface area contributed by atoms with Crippen molar-refractivity contribution in [3.8, 4) is 5.75 Å². The number of aliphatic hydroxyl groups is 1. The normalized spacial score (nSPS) is 12.5. The summed E-state index contributed by atoms with van der Waals surface area (Å²) in [6, 6.07) is 7.27. The number of aromatic amines is 1. The third-order valence-corrected chi connectivity index (χ3v) is 5.63. The first-order valence-electron chi connectivity index (χ1n) is 10.8. The molecule has 38 heavy (non-hydrogen) atoms. The van der Waals surface area contributed by atoms with E-state index in [2.05, 4.69) is 20.5 Å². The summed E-state index contributed by atoms with van der Waals surface area (Å²) < 4.78 is 13.1. The first kappa shape index (κ1) is 26.7. The van der Waals surface area contributed by atoms with E-state index in [1.54, 1.807) is 12.1 Å². The van der Waals surface area contributed by atoms with Crippen molar-refractivity contribution in [3.05, 3.63) is 83.2 Å². The van der Waals surface area contributed by atoms with Crippen LogP contribution in [-0.2, 0) is 13.6 Å². The van der Waals surface area contributed by atoms with Gasteiger partial charge in [0.15, 0.2) is 11.2 Å². The SMILES string of the molecule is Cn1c(=O)[nH]c(=O)c2c1nc(N/N=C\C=C/c1ccc([N+](=O)[O-])o1)n2C[C@@H](O)COc1ccc(Cl)cc1Cl. The van der Waals surface area contributed by atoms with Crippen molar-refractivity contribution in [3.63, 3.8) is 0 Å². The molecule has 16 heteroatoms. The number of fused-ring (bicyclic) bond motifs is 1. The van der Waals surface area contributed by atoms with Gasteiger partial charge in [0, 0.05) is 18.3 Å². The predicted molar refractivity (Wildman–Crippen MR) is 140 cm³/mol. The predicted octanol–water partition coefficient (Wildman–Crippen LogP) is 2.78. The number of aromatic nitrogens is 4. The number of nitrogens with one attached hydrogen (secondary N) is 2. The molecule has 1 aromatic carbocycles. The van der Waals surface area contributed by atoms with E-state index >= 15 is 0 Å². The number of rotatable bonds is 10. The fourth-order valence-corrected chi connectivity index (χ4v) is 3.81. The highest BCUT2D eigenvalue weighted by Gasteiger charge is 2.20. The van der Waals surface area contributed by atoms with E-state index in [9.17, 15) is 24.8 Å². The Morgan fingerprint density at radius 1 is 1.34 bits per heavy atom. The van der Waals surface area contributed by atoms with Gasteiger partial charge in [0.05, 0.1) is 17.6 Å². The number of hydrazone groups is 1. The molecule has 198 valence electrons. The number of H-pyrrole nitrogens is 1. The summed E-state index contributed by atoms with van der Waals surface area (Å²) in [5.41, 5.74) is 1.36. The number of furan rings is 1. The van der Waals surface area contributed by atoms with Gasteiger partial charge in [-0.05, 0) is 36.4 Å². The van der Waals surface area contributed by atoms with Gasteiger partial charge in [0.25, 0.3) is 5.56 Å². The van der Waals surface area contributed by atoms with Crippen LogP contribution in [0.25, 0.3) is 17.2 Å². The van der Waals surface area contributed by atoms with E-state index < -0.39 is 28.2 Å². The molecule has 0 spiro atoms. The number of ether oxygens (including phenoxy) is 1. The molecular weight excluding hydrogens is 545 g/mol. The number of halogens is 2. The van der Waals surface area contributed by atoms with Crippen molar-refractivity contribution in [1.29, 1.82) is 0 Å². The van der Waals surface area contributed by atoms with Crippen LogP contribution in [0, 0.1) is 10.1 Å². The van der Waals surface area contributed by atoms with Crippen LogP contribution in [0.1, 0.15) is 5.76 Å². The van der Waals surface area contributed by atoms with E-state index in [1.807, 2.05) is 0 Å². The Kier molecular flexibility index (Phi) is 7.95. The molecule has 0 aliphatic carbocycles. The van der Waals surface area contributed by atoms with Crippen molar-refractivity contribution < 1.29 is 19.2 Å². The topological polar surface area (TPSA) is 183 Å². The minimum atomic E-state index is -1.13. The molecule has 0 saturated carbocycles. The second-order valence-corrected chi connectivity index (χ2v) is 8.60. The van der Waals surface area contributed by atoms with Crippen LogP contribution in [0.15, 0.2) is 55.5 Å². The number of hydrogen-bond acceptors (Lipinski definition) is 10. The van der Waals surface area contributed by atoms with Crippen molar-refractivity contribution in [2.45, 2.75) is 12.6 Å². The first-order chi connectivity index (χ1) is 18.1. The Bertz CT molecular complexity index is 1670. The highest BCUT2D eigenvalue weighted by Crippen LogP contribution is 2.27. The highest BCUT2D eigenvalue weighted by atomic mass is 35.5. The zero-order valence-electron chi connectivity index (χ0n) is 19.5. The Labute approximate surface area is 222 Å². The lowest BCUT2D eigenvalue weighted by Gasteiger charge is -2.15. The molecule has 4 rings (SSSR count). The molecule has 0 aliphatic heterocycles. The van der Waals surface area contributed by atoms with E-state index in [-0.39, 0.29) is 41.0 Å². The maximum absolute atomic E-state index is 12.6. The van der Waals surface area contributed by atoms with Crippen molar-refractivity contribution in [2.24, 2.45) is 12.1 Å². The smallest absolute Gasteiger partial charge is 0.433 e. The van der Waals surface area contributed by atoms with Crippen molar-refractivity contribution in [2.75, 3.05) is 12.0 Å². The molecule has 1 atom stereocenters. The lowest BCUT2D eigenvalue weighted by molar-refractivity contribution is -0.402. The quantitative estimate of drug-likeness (QED) is 0.148. The van der Waals surface area contributed by atoms with Gasteiger partial charge in [-0.25, -0.2) is 10.2 Å². The average molecular weight is 564 g/mol. The molecule has 0 bridgehead atoms. The van der Waals surface area contributed by atoms with E-state index in [0.29, 0.717) is 10.8 Å². The van der Waals surface area contributed by atoms with Crippen molar-refractivity contribution >= 4 is 58.5 Å². The molecular formula is C22H19Cl2N7O7. The van der Waals surface area contributed by atoms with Gasteiger partial charge < -0.3 is 18.8 Å². The number of aryl methyl sites for hydroxylation is 1. The largest absolute Gasteiger partial charge is 0.489 e. The number of benzene rings is 1. The summed E-state index contributed by atoms with van der Waals surface area (Å²) in [4.78, 5) is 41.2. The lowest BCUT2D eigenvalue weighted by Crippen LogP contribution is -2.30. The zero-order chi connectivity index (χ0) is 27.4. The summed E-state index contributed by atoms with van der Waals surface area (Å²) in [5, 5.41) is 26.0. The van der Waals surface area contributed by atoms with Crippen LogP contribution in [-0.4, -0.2) is 48.1 Å². The van der Waals surface area contributed by atoms with Crippen molar-refractivity contribution in [1.82, 2.24) is 19.1 Å². The molecule has 14 nitrogen and oxygen atoms in total. The van der Waals surface area contributed by atoms with Gasteiger partial charge in [0.2, 0.25) is 5.95 Å². The second kappa shape index (κ2) is 11.3. The number of nitro groups is 1. The van der Waals surface area contributed by atoms with Crippen LogP contribution >= 0.6 is 23.2 Å². The number of nitrogens with zero attached hydrogens (tertiary/aromatic N) is 5. The van der Waals surface area contributed by atoms with E-state index in [1.165, 1.54) is 48.2 Å². The molecule has 3 aromatic heterocycles. The monoisotopic (exact) mass is 563 g/mol. The third-order valence-electron chi connectivity index (χ3n) is 5.10. The summed E-state index contributed by atoms with van der Waals surface area (Å²) in [7, 11) is 1.43. The van der Waals surface area contributed by atoms with E-state index in [4.69, 9.17) is 32.4 Å². The fraction of sp³-hybridized carbons (Fsp3) is 0.182. The molecule has 0 aliphatic rings. The highest BCUT2D eigenvalue weighted by molar-refractivity contribution is 6.35. The van der Waals surface area contributed by atoms with Crippen LogP contribution in [0.3, 0.4) is 0 Å². The summed E-state index contributed by atoms with van der Waals surface area (Å²) in [5.74, 6) is 0.196. The standard InChI is InChI=1S/C22H19Cl2N7O7/c1-29-19-18(20(33)27-22(29)34)30(10-13(32)11-37-16-6-4-12(23)9-15(16)24)21(26-19)28-25-8-2-3-14-5-7-17(38-14)31(35)36/h2-9,13,32H,10-11H2,1H3,(H,26,28)(H,27,33,34)/b3-2-,25-8-/t13-/m1/s1. The molecule has 4 aromatic rings. The maximum Gasteiger partial charge on any atom is 0.433 e. The molecule has 0 unspecified atom stereocenters. The summed E-state index contributed by atoms with van der Waals surface area (Å²) >= 11 is 12.0. The molecule has 0 fully saturated rings.